The maximum Gasteiger partial charge on any atom is 0.472 e. The molecule has 0 saturated heterocycles. The lowest BCUT2D eigenvalue weighted by molar-refractivity contribution is -0.161. The van der Waals surface area contributed by atoms with Gasteiger partial charge in [0.2, 0.25) is 0 Å². The summed E-state index contributed by atoms with van der Waals surface area (Å²) in [6, 6.07) is 0. The molecule has 0 aromatic carbocycles. The number of nitrogens with two attached hydrogens (primary N) is 1. The molecule has 0 aliphatic rings. The topological polar surface area (TPSA) is 168 Å². The summed E-state index contributed by atoms with van der Waals surface area (Å²) in [5, 5.41) is 10.1. The van der Waals surface area contributed by atoms with Crippen LogP contribution >= 0.6 is 7.82 Å². The second-order valence-corrected chi connectivity index (χ2v) is 17.5. The molecule has 1 aromatic heterocycles. The number of carbonyl (C=O) groups is 2. The predicted molar refractivity (Wildman–Crippen MR) is 247 cm³/mol. The Bertz CT molecular complexity index is 1430. The molecule has 0 spiro atoms. The van der Waals surface area contributed by atoms with Gasteiger partial charge in [0, 0.05) is 32.2 Å². The Kier molecular flexibility index (Phi) is 34.8. The number of phosphoric acid groups is 1. The van der Waals surface area contributed by atoms with Crippen molar-refractivity contribution in [1.82, 2.24) is 0 Å². The van der Waals surface area contributed by atoms with Gasteiger partial charge in [-0.2, -0.15) is 0 Å². The zero-order valence-corrected chi connectivity index (χ0v) is 39.4. The van der Waals surface area contributed by atoms with E-state index in [0.717, 1.165) is 44.9 Å². The molecule has 0 aliphatic heterocycles. The van der Waals surface area contributed by atoms with E-state index in [9.17, 15) is 24.2 Å². The zero-order chi connectivity index (χ0) is 44.8. The van der Waals surface area contributed by atoms with Gasteiger partial charge in [-0.05, 0) is 82.8 Å². The highest BCUT2D eigenvalue weighted by Gasteiger charge is 2.26. The SMILES string of the molecule is CCCCC/C=C\C/C=C\CC(O)/C=C\C=C\CCCC(=O)O[C@H](COC(=O)CCCCCCCCCCCCc1oc(CCCCC)c(C)c1C)COP(=O)(O)OCCN. The Labute approximate surface area is 369 Å². The van der Waals surface area contributed by atoms with Crippen LogP contribution in [0.2, 0.25) is 0 Å². The van der Waals surface area contributed by atoms with Crippen LogP contribution < -0.4 is 5.73 Å². The van der Waals surface area contributed by atoms with Crippen LogP contribution in [0.3, 0.4) is 0 Å². The van der Waals surface area contributed by atoms with Crippen LogP contribution in [0.5, 0.6) is 0 Å². The molecule has 3 atom stereocenters. The van der Waals surface area contributed by atoms with Crippen LogP contribution in [0.4, 0.5) is 0 Å². The van der Waals surface area contributed by atoms with E-state index in [1.54, 1.807) is 12.2 Å². The Morgan fingerprint density at radius 2 is 1.26 bits per heavy atom. The fraction of sp³-hybridized carbons (Fsp3) is 0.714. The third-order valence-corrected chi connectivity index (χ3v) is 11.5. The summed E-state index contributed by atoms with van der Waals surface area (Å²) in [5.74, 6) is 1.39. The standard InChI is InChI=1S/C49H84NO10P/c1-5-7-9-10-11-14-17-21-27-32-44(51)33-28-22-20-25-31-37-49(53)59-45(41-58-61(54,55)57-39-38-50)40-56-48(52)36-30-24-19-16-13-12-15-18-23-29-35-47-43(4)42(3)46(60-47)34-26-8-6-2/h11,14,20-22,27-28,33,44-45,51H,5-10,12-13,15-19,23-26,29-32,34-41,50H2,1-4H3,(H,54,55)/b14-11-,22-20+,27-21-,33-28-/t44?,45-/m1/s1. The second-order valence-electron chi connectivity index (χ2n) is 16.1. The number of esters is 2. The highest BCUT2D eigenvalue weighted by molar-refractivity contribution is 7.47. The molecule has 4 N–H and O–H groups in total. The van der Waals surface area contributed by atoms with E-state index in [1.165, 1.54) is 99.7 Å². The van der Waals surface area contributed by atoms with E-state index in [0.29, 0.717) is 25.7 Å². The first-order valence-corrected chi connectivity index (χ1v) is 25.1. The Balaban J connectivity index is 2.28. The van der Waals surface area contributed by atoms with Crippen molar-refractivity contribution in [3.8, 4) is 0 Å². The number of unbranched alkanes of at least 4 members (excludes halogenated alkanes) is 15. The van der Waals surface area contributed by atoms with Gasteiger partial charge in [-0.1, -0.05) is 140 Å². The average Bonchev–Trinajstić information content (AvgIpc) is 3.51. The Hall–Kier alpha value is -2.79. The van der Waals surface area contributed by atoms with Crippen LogP contribution in [-0.4, -0.2) is 60.5 Å². The zero-order valence-electron chi connectivity index (χ0n) is 38.5. The van der Waals surface area contributed by atoms with Gasteiger partial charge in [-0.15, -0.1) is 0 Å². The minimum Gasteiger partial charge on any atom is -0.466 e. The number of allylic oxidation sites excluding steroid dienone is 6. The molecular formula is C49H84NO10P. The number of aliphatic hydroxyl groups excluding tert-OH is 1. The number of hydrogen-bond donors (Lipinski definition) is 3. The first-order valence-electron chi connectivity index (χ1n) is 23.6. The molecular weight excluding hydrogens is 794 g/mol. The number of furan rings is 1. The highest BCUT2D eigenvalue weighted by Crippen LogP contribution is 2.43. The molecule has 1 heterocycles. The number of carbonyl (C=O) groups excluding carboxylic acids is 2. The summed E-state index contributed by atoms with van der Waals surface area (Å²) in [4.78, 5) is 35.0. The van der Waals surface area contributed by atoms with E-state index in [2.05, 4.69) is 45.9 Å². The van der Waals surface area contributed by atoms with E-state index < -0.39 is 38.6 Å². The summed E-state index contributed by atoms with van der Waals surface area (Å²) in [5.41, 5.74) is 8.03. The summed E-state index contributed by atoms with van der Waals surface area (Å²) in [6.07, 6.45) is 38.5. The third-order valence-electron chi connectivity index (χ3n) is 10.5. The number of rotatable bonds is 40. The summed E-state index contributed by atoms with van der Waals surface area (Å²) in [6.45, 7) is 7.87. The molecule has 12 heteroatoms. The van der Waals surface area contributed by atoms with Crippen LogP contribution in [0, 0.1) is 13.8 Å². The van der Waals surface area contributed by atoms with Gasteiger partial charge >= 0.3 is 19.8 Å². The molecule has 1 aromatic rings. The van der Waals surface area contributed by atoms with Gasteiger partial charge in [0.1, 0.15) is 18.1 Å². The third kappa shape index (κ3) is 31.7. The fourth-order valence-corrected chi connectivity index (χ4v) is 7.42. The molecule has 0 amide bonds. The molecule has 11 nitrogen and oxygen atoms in total. The predicted octanol–water partition coefficient (Wildman–Crippen LogP) is 12.1. The highest BCUT2D eigenvalue weighted by atomic mass is 31.2. The van der Waals surface area contributed by atoms with Crippen molar-refractivity contribution >= 4 is 19.8 Å². The molecule has 0 aliphatic carbocycles. The molecule has 0 saturated carbocycles. The molecule has 0 bridgehead atoms. The fourth-order valence-electron chi connectivity index (χ4n) is 6.65. The van der Waals surface area contributed by atoms with Gasteiger partial charge in [0.05, 0.1) is 19.3 Å². The van der Waals surface area contributed by atoms with Crippen molar-refractivity contribution in [2.24, 2.45) is 5.73 Å². The van der Waals surface area contributed by atoms with Crippen molar-refractivity contribution in [1.29, 1.82) is 0 Å². The molecule has 2 unspecified atom stereocenters. The van der Waals surface area contributed by atoms with E-state index in [1.807, 2.05) is 18.2 Å². The van der Waals surface area contributed by atoms with Gasteiger partial charge in [-0.3, -0.25) is 18.6 Å². The minimum atomic E-state index is -4.43. The molecule has 350 valence electrons. The van der Waals surface area contributed by atoms with Gasteiger partial charge in [-0.25, -0.2) is 4.57 Å². The number of aryl methyl sites for hydroxylation is 2. The number of hydrogen-bond acceptors (Lipinski definition) is 10. The first kappa shape index (κ1) is 56.2. The summed E-state index contributed by atoms with van der Waals surface area (Å²) < 4.78 is 39.0. The second kappa shape index (κ2) is 37.7. The minimum absolute atomic E-state index is 0.0245. The van der Waals surface area contributed by atoms with Crippen molar-refractivity contribution < 1.29 is 47.1 Å². The number of ether oxygens (including phenoxy) is 2. The number of phosphoric ester groups is 1. The molecule has 0 fully saturated rings. The van der Waals surface area contributed by atoms with Crippen molar-refractivity contribution in [2.45, 2.75) is 200 Å². The first-order chi connectivity index (χ1) is 29.5. The van der Waals surface area contributed by atoms with Crippen LogP contribution in [0.1, 0.15) is 184 Å². The lowest BCUT2D eigenvalue weighted by Gasteiger charge is -2.19. The number of aliphatic hydroxyl groups is 1. The lowest BCUT2D eigenvalue weighted by atomic mass is 10.0. The van der Waals surface area contributed by atoms with Crippen LogP contribution in [-0.2, 0) is 45.5 Å². The van der Waals surface area contributed by atoms with E-state index in [4.69, 9.17) is 28.7 Å². The quantitative estimate of drug-likeness (QED) is 0.0189. The maximum atomic E-state index is 12.6. The smallest absolute Gasteiger partial charge is 0.466 e. The van der Waals surface area contributed by atoms with Crippen molar-refractivity contribution in [2.75, 3.05) is 26.4 Å². The Morgan fingerprint density at radius 1 is 0.689 bits per heavy atom. The largest absolute Gasteiger partial charge is 0.472 e. The van der Waals surface area contributed by atoms with Crippen molar-refractivity contribution in [3.05, 3.63) is 71.3 Å². The average molecular weight is 878 g/mol. The maximum absolute atomic E-state index is 12.6. The van der Waals surface area contributed by atoms with E-state index >= 15 is 0 Å². The van der Waals surface area contributed by atoms with E-state index in [-0.39, 0.29) is 32.6 Å². The van der Waals surface area contributed by atoms with Gasteiger partial charge < -0.3 is 29.6 Å². The van der Waals surface area contributed by atoms with Crippen LogP contribution in [0.25, 0.3) is 0 Å². The van der Waals surface area contributed by atoms with Gasteiger partial charge in [0.15, 0.2) is 6.10 Å². The van der Waals surface area contributed by atoms with Gasteiger partial charge in [0.25, 0.3) is 0 Å². The van der Waals surface area contributed by atoms with Crippen LogP contribution in [0.15, 0.2) is 53.0 Å². The molecule has 1 rings (SSSR count). The Morgan fingerprint density at radius 3 is 1.92 bits per heavy atom. The molecule has 61 heavy (non-hydrogen) atoms. The molecule has 0 radical (unpaired) electrons. The lowest BCUT2D eigenvalue weighted by Crippen LogP contribution is -2.29. The normalized spacial score (nSPS) is 14.1. The summed E-state index contributed by atoms with van der Waals surface area (Å²) >= 11 is 0. The van der Waals surface area contributed by atoms with Crippen molar-refractivity contribution in [3.63, 3.8) is 0 Å². The summed E-state index contributed by atoms with van der Waals surface area (Å²) in [7, 11) is -4.43. The monoisotopic (exact) mass is 878 g/mol.